The maximum absolute atomic E-state index is 12.6. The Bertz CT molecular complexity index is 724. The van der Waals surface area contributed by atoms with E-state index in [4.69, 9.17) is 4.74 Å². The van der Waals surface area contributed by atoms with Crippen molar-refractivity contribution in [1.82, 2.24) is 15.1 Å². The van der Waals surface area contributed by atoms with Crippen LogP contribution in [-0.2, 0) is 4.79 Å². The lowest BCUT2D eigenvalue weighted by Gasteiger charge is -2.26. The Morgan fingerprint density at radius 1 is 1.19 bits per heavy atom. The van der Waals surface area contributed by atoms with Crippen molar-refractivity contribution < 1.29 is 9.53 Å². The summed E-state index contributed by atoms with van der Waals surface area (Å²) in [5.74, 6) is 2.18. The maximum atomic E-state index is 12.6. The van der Waals surface area contributed by atoms with Gasteiger partial charge in [0.25, 0.3) is 0 Å². The number of thioether (sulfide) groups is 1. The highest BCUT2D eigenvalue weighted by Gasteiger charge is 2.17. The number of hydrogen-bond donors (Lipinski definition) is 1. The lowest BCUT2D eigenvalue weighted by molar-refractivity contribution is -0.129. The normalized spacial score (nSPS) is 11.1. The Balaban J connectivity index is 1.93. The Kier molecular flexibility index (Phi) is 8.37. The van der Waals surface area contributed by atoms with Crippen molar-refractivity contribution in [2.24, 2.45) is 11.8 Å². The van der Waals surface area contributed by atoms with Crippen LogP contribution in [0.5, 0.6) is 5.75 Å². The van der Waals surface area contributed by atoms with Crippen molar-refractivity contribution in [3.8, 4) is 5.75 Å². The van der Waals surface area contributed by atoms with Gasteiger partial charge < -0.3 is 15.0 Å². The number of benzene rings is 1. The highest BCUT2D eigenvalue weighted by Crippen LogP contribution is 2.31. The standard InChI is InChI=1S/C19H28N4O2S2/c1-13(2)10-23(11-14(3)4)17(24)12-26-19-22-21-18(27-19)20-15-8-6-7-9-16(15)25-5/h6-9,13-14H,10-12H2,1-5H3,(H,20,21). The first kappa shape index (κ1) is 21.5. The van der Waals surface area contributed by atoms with Crippen LogP contribution in [0.15, 0.2) is 28.6 Å². The molecule has 0 bridgehead atoms. The number of hydrogen-bond acceptors (Lipinski definition) is 7. The third kappa shape index (κ3) is 7.03. The molecular formula is C19H28N4O2S2. The smallest absolute Gasteiger partial charge is 0.233 e. The van der Waals surface area contributed by atoms with Gasteiger partial charge in [-0.3, -0.25) is 4.79 Å². The van der Waals surface area contributed by atoms with E-state index in [2.05, 4.69) is 43.2 Å². The van der Waals surface area contributed by atoms with Gasteiger partial charge in [-0.15, -0.1) is 10.2 Å². The minimum Gasteiger partial charge on any atom is -0.495 e. The number of methoxy groups -OCH3 is 1. The molecular weight excluding hydrogens is 380 g/mol. The lowest BCUT2D eigenvalue weighted by atomic mass is 10.1. The Morgan fingerprint density at radius 3 is 2.48 bits per heavy atom. The van der Waals surface area contributed by atoms with Gasteiger partial charge in [-0.25, -0.2) is 0 Å². The van der Waals surface area contributed by atoms with Gasteiger partial charge in [0.1, 0.15) is 5.75 Å². The largest absolute Gasteiger partial charge is 0.495 e. The summed E-state index contributed by atoms with van der Waals surface area (Å²) in [5.41, 5.74) is 0.837. The predicted octanol–water partition coefficient (Wildman–Crippen LogP) is 4.52. The van der Waals surface area contributed by atoms with Gasteiger partial charge >= 0.3 is 0 Å². The van der Waals surface area contributed by atoms with Gasteiger partial charge in [0.05, 0.1) is 18.6 Å². The first-order chi connectivity index (χ1) is 12.9. The molecule has 0 saturated carbocycles. The molecule has 6 nitrogen and oxygen atoms in total. The highest BCUT2D eigenvalue weighted by atomic mass is 32.2. The van der Waals surface area contributed by atoms with Crippen molar-refractivity contribution >= 4 is 39.8 Å². The van der Waals surface area contributed by atoms with Crippen molar-refractivity contribution in [2.45, 2.75) is 32.0 Å². The molecule has 0 aliphatic rings. The van der Waals surface area contributed by atoms with Crippen LogP contribution in [0, 0.1) is 11.8 Å². The highest BCUT2D eigenvalue weighted by molar-refractivity contribution is 8.01. The topological polar surface area (TPSA) is 67.3 Å². The molecule has 0 radical (unpaired) electrons. The van der Waals surface area contributed by atoms with Crippen LogP contribution in [0.4, 0.5) is 10.8 Å². The lowest BCUT2D eigenvalue weighted by Crippen LogP contribution is -2.38. The van der Waals surface area contributed by atoms with Gasteiger partial charge in [-0.05, 0) is 24.0 Å². The molecule has 1 N–H and O–H groups in total. The van der Waals surface area contributed by atoms with E-state index in [1.54, 1.807) is 7.11 Å². The van der Waals surface area contributed by atoms with Crippen LogP contribution in [0.2, 0.25) is 0 Å². The number of aromatic nitrogens is 2. The first-order valence-electron chi connectivity index (χ1n) is 9.03. The summed E-state index contributed by atoms with van der Waals surface area (Å²) in [4.78, 5) is 14.6. The van der Waals surface area contributed by atoms with Gasteiger partial charge in [-0.2, -0.15) is 0 Å². The molecule has 1 heterocycles. The zero-order valence-electron chi connectivity index (χ0n) is 16.6. The molecule has 1 aromatic heterocycles. The molecule has 0 fully saturated rings. The average molecular weight is 409 g/mol. The number of nitrogens with zero attached hydrogens (tertiary/aromatic N) is 3. The van der Waals surface area contributed by atoms with E-state index in [0.29, 0.717) is 22.7 Å². The molecule has 0 aliphatic heterocycles. The second-order valence-corrected chi connectivity index (χ2v) is 9.27. The van der Waals surface area contributed by atoms with Crippen LogP contribution in [0.1, 0.15) is 27.7 Å². The van der Waals surface area contributed by atoms with E-state index < -0.39 is 0 Å². The summed E-state index contributed by atoms with van der Waals surface area (Å²) in [6.45, 7) is 10.1. The molecule has 8 heteroatoms. The molecule has 0 aliphatic carbocycles. The number of nitrogens with one attached hydrogen (secondary N) is 1. The molecule has 1 aromatic carbocycles. The Hall–Kier alpha value is -1.80. The van der Waals surface area contributed by atoms with Crippen molar-refractivity contribution in [3.63, 3.8) is 0 Å². The van der Waals surface area contributed by atoms with Crippen molar-refractivity contribution in [3.05, 3.63) is 24.3 Å². The van der Waals surface area contributed by atoms with Crippen LogP contribution < -0.4 is 10.1 Å². The number of para-hydroxylation sites is 2. The molecule has 0 atom stereocenters. The SMILES string of the molecule is COc1ccccc1Nc1nnc(SCC(=O)N(CC(C)C)CC(C)C)s1. The molecule has 1 amide bonds. The van der Waals surface area contributed by atoms with Crippen molar-refractivity contribution in [1.29, 1.82) is 0 Å². The van der Waals surface area contributed by atoms with E-state index in [1.807, 2.05) is 29.2 Å². The second kappa shape index (κ2) is 10.5. The van der Waals surface area contributed by atoms with Crippen LogP contribution in [0.3, 0.4) is 0 Å². The number of anilines is 2. The number of amides is 1. The van der Waals surface area contributed by atoms with E-state index >= 15 is 0 Å². The number of carbonyl (C=O) groups is 1. The molecule has 148 valence electrons. The monoisotopic (exact) mass is 408 g/mol. The van der Waals surface area contributed by atoms with Gasteiger partial charge in [0.15, 0.2) is 4.34 Å². The average Bonchev–Trinajstić information content (AvgIpc) is 3.06. The fourth-order valence-corrected chi connectivity index (χ4v) is 4.22. The fraction of sp³-hybridized carbons (Fsp3) is 0.526. The quantitative estimate of drug-likeness (QED) is 0.583. The summed E-state index contributed by atoms with van der Waals surface area (Å²) < 4.78 is 6.10. The van der Waals surface area contributed by atoms with Gasteiger partial charge in [0, 0.05) is 13.1 Å². The summed E-state index contributed by atoms with van der Waals surface area (Å²) in [6, 6.07) is 7.65. The third-order valence-electron chi connectivity index (χ3n) is 3.60. The summed E-state index contributed by atoms with van der Waals surface area (Å²) >= 11 is 2.87. The molecule has 2 rings (SSSR count). The third-order valence-corrected chi connectivity index (χ3v) is 5.55. The van der Waals surface area contributed by atoms with Crippen LogP contribution in [0.25, 0.3) is 0 Å². The molecule has 0 saturated heterocycles. The second-order valence-electron chi connectivity index (χ2n) is 7.07. The van der Waals surface area contributed by atoms with E-state index in [0.717, 1.165) is 28.9 Å². The van der Waals surface area contributed by atoms with Gasteiger partial charge in [0.2, 0.25) is 11.0 Å². The minimum atomic E-state index is 0.150. The minimum absolute atomic E-state index is 0.150. The van der Waals surface area contributed by atoms with Crippen molar-refractivity contribution in [2.75, 3.05) is 31.3 Å². The van der Waals surface area contributed by atoms with Crippen LogP contribution >= 0.6 is 23.1 Å². The van der Waals surface area contributed by atoms with E-state index in [1.165, 1.54) is 23.1 Å². The van der Waals surface area contributed by atoms with Gasteiger partial charge in [-0.1, -0.05) is 62.9 Å². The summed E-state index contributed by atoms with van der Waals surface area (Å²) in [7, 11) is 1.63. The molecule has 0 spiro atoms. The maximum Gasteiger partial charge on any atom is 0.233 e. The van der Waals surface area contributed by atoms with Crippen LogP contribution in [-0.4, -0.2) is 47.0 Å². The summed E-state index contributed by atoms with van der Waals surface area (Å²) in [6.07, 6.45) is 0. The van der Waals surface area contributed by atoms with E-state index in [-0.39, 0.29) is 5.91 Å². The zero-order chi connectivity index (χ0) is 19.8. The molecule has 0 unspecified atom stereocenters. The zero-order valence-corrected chi connectivity index (χ0v) is 18.2. The Morgan fingerprint density at radius 2 is 1.85 bits per heavy atom. The van der Waals surface area contributed by atoms with E-state index in [9.17, 15) is 4.79 Å². The number of carbonyl (C=O) groups excluding carboxylic acids is 1. The molecule has 27 heavy (non-hydrogen) atoms. The number of ether oxygens (including phenoxy) is 1. The molecule has 2 aromatic rings. The Labute approximate surface area is 169 Å². The summed E-state index contributed by atoms with van der Waals surface area (Å²) in [5, 5.41) is 12.2. The number of rotatable bonds is 10. The predicted molar refractivity (Wildman–Crippen MR) is 113 cm³/mol. The first-order valence-corrected chi connectivity index (χ1v) is 10.8. The fourth-order valence-electron chi connectivity index (χ4n) is 2.56.